The van der Waals surface area contributed by atoms with Crippen molar-refractivity contribution >= 4 is 21.9 Å². The average Bonchev–Trinajstić information content (AvgIpc) is 3.48. The maximum Gasteiger partial charge on any atom is 0.275 e. The Morgan fingerprint density at radius 2 is 1.98 bits per heavy atom. The first kappa shape index (κ1) is 23.6. The van der Waals surface area contributed by atoms with Crippen LogP contribution >= 0.6 is 0 Å². The van der Waals surface area contributed by atoms with Gasteiger partial charge in [-0.25, -0.2) is 15.0 Å². The fourth-order valence-corrected chi connectivity index (χ4v) is 6.57. The van der Waals surface area contributed by atoms with Crippen LogP contribution in [0.2, 0.25) is 0 Å². The van der Waals surface area contributed by atoms with E-state index in [2.05, 4.69) is 26.9 Å². The summed E-state index contributed by atoms with van der Waals surface area (Å²) in [4.78, 5) is 46.6. The molecule has 0 saturated carbocycles. The largest absolute Gasteiger partial charge is 0.487 e. The second-order valence-corrected chi connectivity index (χ2v) is 11.3. The number of ether oxygens (including phenoxy) is 1. The maximum absolute atomic E-state index is 13.5. The van der Waals surface area contributed by atoms with Crippen LogP contribution in [0.15, 0.2) is 46.1 Å². The van der Waals surface area contributed by atoms with Gasteiger partial charge in [0.05, 0.1) is 23.0 Å². The van der Waals surface area contributed by atoms with E-state index in [4.69, 9.17) is 14.7 Å². The lowest BCUT2D eigenvalue weighted by Crippen LogP contribution is -2.33. The van der Waals surface area contributed by atoms with Crippen LogP contribution in [0, 0.1) is 0 Å². The molecule has 5 heterocycles. The van der Waals surface area contributed by atoms with E-state index in [0.29, 0.717) is 58.2 Å². The molecular formula is C30H29N7O3. The number of aromatic nitrogens is 6. The average molecular weight is 536 g/mol. The highest BCUT2D eigenvalue weighted by atomic mass is 16.5. The van der Waals surface area contributed by atoms with Gasteiger partial charge in [-0.15, -0.1) is 0 Å². The Hall–Kier alpha value is -4.31. The van der Waals surface area contributed by atoms with Crippen molar-refractivity contribution in [3.8, 4) is 28.4 Å². The van der Waals surface area contributed by atoms with E-state index < -0.39 is 0 Å². The van der Waals surface area contributed by atoms with Crippen LogP contribution in [0.1, 0.15) is 37.4 Å². The van der Waals surface area contributed by atoms with Crippen molar-refractivity contribution in [1.82, 2.24) is 34.6 Å². The summed E-state index contributed by atoms with van der Waals surface area (Å²) >= 11 is 0. The molecule has 10 nitrogen and oxygen atoms in total. The molecule has 40 heavy (non-hydrogen) atoms. The molecule has 3 aromatic heterocycles. The minimum atomic E-state index is -0.337. The SMILES string of the molecule is C[C@@H]1C[C@H]2CN1CCn1[nH]c3c(cccc3c1=O)-c1nc3c(cc(-c4ncc5c(n4)CCCC5)cc3[nH]c1=O)O2. The Balaban J connectivity index is 1.36. The Morgan fingerprint density at radius 3 is 2.90 bits per heavy atom. The maximum atomic E-state index is 13.5. The Morgan fingerprint density at radius 1 is 1.07 bits per heavy atom. The van der Waals surface area contributed by atoms with Gasteiger partial charge in [-0.2, -0.15) is 0 Å². The van der Waals surface area contributed by atoms with Gasteiger partial charge in [0.25, 0.3) is 11.1 Å². The molecular weight excluding hydrogens is 506 g/mol. The number of rotatable bonds is 1. The fraction of sp³-hybridized carbons (Fsp3) is 0.367. The molecule has 0 radical (unpaired) electrons. The third-order valence-electron chi connectivity index (χ3n) is 8.70. The molecule has 1 saturated heterocycles. The van der Waals surface area contributed by atoms with E-state index in [9.17, 15) is 9.59 Å². The fourth-order valence-electron chi connectivity index (χ4n) is 6.57. The molecule has 0 spiro atoms. The minimum Gasteiger partial charge on any atom is -0.487 e. The summed E-state index contributed by atoms with van der Waals surface area (Å²) < 4.78 is 8.30. The quantitative estimate of drug-likeness (QED) is 0.337. The number of fused-ring (bicyclic) bond motifs is 6. The van der Waals surface area contributed by atoms with E-state index in [1.165, 1.54) is 12.0 Å². The second kappa shape index (κ2) is 8.85. The van der Waals surface area contributed by atoms with Gasteiger partial charge in [0, 0.05) is 48.6 Å². The van der Waals surface area contributed by atoms with Gasteiger partial charge < -0.3 is 9.72 Å². The zero-order valence-corrected chi connectivity index (χ0v) is 22.2. The summed E-state index contributed by atoms with van der Waals surface area (Å²) in [6, 6.07) is 9.55. The van der Waals surface area contributed by atoms with Crippen molar-refractivity contribution in [1.29, 1.82) is 0 Å². The van der Waals surface area contributed by atoms with Crippen LogP contribution in [0.25, 0.3) is 44.6 Å². The van der Waals surface area contributed by atoms with Crippen LogP contribution < -0.4 is 15.9 Å². The molecule has 6 bridgehead atoms. The van der Waals surface area contributed by atoms with Gasteiger partial charge in [-0.1, -0.05) is 12.1 Å². The number of H-pyrrole nitrogens is 2. The van der Waals surface area contributed by atoms with Gasteiger partial charge in [0.1, 0.15) is 23.1 Å². The lowest BCUT2D eigenvalue weighted by molar-refractivity contribution is 0.195. The zero-order valence-electron chi connectivity index (χ0n) is 22.2. The van der Waals surface area contributed by atoms with E-state index in [1.54, 1.807) is 16.8 Å². The van der Waals surface area contributed by atoms with Crippen molar-refractivity contribution < 1.29 is 4.74 Å². The molecule has 2 aliphatic heterocycles. The Labute approximate surface area is 229 Å². The topological polar surface area (TPSA) is 122 Å². The number of aromatic amines is 2. The Kier molecular flexibility index (Phi) is 5.22. The van der Waals surface area contributed by atoms with E-state index in [1.807, 2.05) is 24.4 Å². The molecule has 1 fully saturated rings. The van der Waals surface area contributed by atoms with E-state index in [-0.39, 0.29) is 22.9 Å². The minimum absolute atomic E-state index is 0.0585. The predicted molar refractivity (Wildman–Crippen MR) is 152 cm³/mol. The molecule has 1 aliphatic carbocycles. The number of nitrogens with zero attached hydrogens (tertiary/aromatic N) is 5. The summed E-state index contributed by atoms with van der Waals surface area (Å²) in [6.07, 6.45) is 7.00. The number of hydrogen-bond donors (Lipinski definition) is 2. The Bertz CT molecular complexity index is 1940. The van der Waals surface area contributed by atoms with Crippen LogP contribution in [-0.2, 0) is 19.4 Å². The van der Waals surface area contributed by atoms with Crippen LogP contribution in [0.3, 0.4) is 0 Å². The highest BCUT2D eigenvalue weighted by molar-refractivity contribution is 5.94. The summed E-state index contributed by atoms with van der Waals surface area (Å²) in [7, 11) is 0. The lowest BCUT2D eigenvalue weighted by atomic mass is 9.97. The molecule has 5 aromatic rings. The summed E-state index contributed by atoms with van der Waals surface area (Å²) in [6.45, 7) is 4.16. The van der Waals surface area contributed by atoms with Crippen molar-refractivity contribution in [2.75, 3.05) is 13.1 Å². The number of para-hydroxylation sites is 1. The highest BCUT2D eigenvalue weighted by Gasteiger charge is 2.31. The van der Waals surface area contributed by atoms with Crippen molar-refractivity contribution in [3.05, 3.63) is 68.5 Å². The molecule has 2 aromatic carbocycles. The van der Waals surface area contributed by atoms with Crippen molar-refractivity contribution in [2.45, 2.75) is 57.7 Å². The third-order valence-corrected chi connectivity index (χ3v) is 8.70. The zero-order chi connectivity index (χ0) is 27.0. The standard InChI is InChI=1S/C30H29N7O3/c1-16-11-19-15-36(16)9-10-37-30(39)21-7-4-6-20(25(21)35-37)26-29(38)33-23-12-18(13-24(40-19)27(23)34-26)28-31-14-17-5-2-3-8-22(17)32-28/h4,6-7,12-14,16,19,35H,2-3,5,8-11,15H2,1H3,(H,33,38)/t16-,19+/m1/s1. The molecule has 2 N–H and O–H groups in total. The first-order valence-electron chi connectivity index (χ1n) is 14.1. The van der Waals surface area contributed by atoms with E-state index >= 15 is 0 Å². The number of hydrogen-bond acceptors (Lipinski definition) is 7. The number of benzene rings is 2. The molecule has 10 heteroatoms. The molecule has 3 atom stereocenters. The summed E-state index contributed by atoms with van der Waals surface area (Å²) in [5, 5.41) is 3.80. The van der Waals surface area contributed by atoms with Gasteiger partial charge in [0.2, 0.25) is 0 Å². The highest BCUT2D eigenvalue weighted by Crippen LogP contribution is 2.34. The molecule has 3 aliphatic rings. The van der Waals surface area contributed by atoms with E-state index in [0.717, 1.165) is 43.5 Å². The first-order chi connectivity index (χ1) is 19.5. The van der Waals surface area contributed by atoms with Crippen molar-refractivity contribution in [2.24, 2.45) is 0 Å². The van der Waals surface area contributed by atoms with Gasteiger partial charge >= 0.3 is 0 Å². The van der Waals surface area contributed by atoms with Gasteiger partial charge in [-0.3, -0.25) is 24.3 Å². The monoisotopic (exact) mass is 535 g/mol. The first-order valence-corrected chi connectivity index (χ1v) is 14.1. The van der Waals surface area contributed by atoms with Gasteiger partial charge in [-0.05, 0) is 56.4 Å². The van der Waals surface area contributed by atoms with Crippen LogP contribution in [0.4, 0.5) is 0 Å². The summed E-state index contributed by atoms with van der Waals surface area (Å²) in [5.74, 6) is 1.22. The predicted octanol–water partition coefficient (Wildman–Crippen LogP) is 3.42. The molecule has 202 valence electrons. The lowest BCUT2D eigenvalue weighted by Gasteiger charge is -2.21. The molecule has 8 rings (SSSR count). The normalized spacial score (nSPS) is 22.0. The van der Waals surface area contributed by atoms with Crippen molar-refractivity contribution in [3.63, 3.8) is 0 Å². The van der Waals surface area contributed by atoms with Crippen LogP contribution in [-0.4, -0.2) is 59.9 Å². The molecule has 1 unspecified atom stereocenters. The smallest absolute Gasteiger partial charge is 0.275 e. The second-order valence-electron chi connectivity index (χ2n) is 11.3. The summed E-state index contributed by atoms with van der Waals surface area (Å²) in [5.41, 5.74) is 5.23. The number of aryl methyl sites for hydroxylation is 2. The number of nitrogens with one attached hydrogen (secondary N) is 2. The van der Waals surface area contributed by atoms with Gasteiger partial charge in [0.15, 0.2) is 5.82 Å². The van der Waals surface area contributed by atoms with Crippen LogP contribution in [0.5, 0.6) is 5.75 Å². The molecule has 0 amide bonds. The third kappa shape index (κ3) is 3.70.